The molecule has 0 radical (unpaired) electrons. The molecule has 0 saturated carbocycles. The summed E-state index contributed by atoms with van der Waals surface area (Å²) in [4.78, 5) is 26.2. The second-order valence-electron chi connectivity index (χ2n) is 5.25. The molecule has 1 saturated heterocycles. The molecule has 0 bridgehead atoms. The molecule has 22 heavy (non-hydrogen) atoms. The molecule has 0 aromatic heterocycles. The van der Waals surface area contributed by atoms with Crippen molar-refractivity contribution in [3.63, 3.8) is 0 Å². The highest BCUT2D eigenvalue weighted by molar-refractivity contribution is 9.10. The van der Waals surface area contributed by atoms with E-state index in [9.17, 15) is 9.59 Å². The lowest BCUT2D eigenvalue weighted by Crippen LogP contribution is -2.42. The van der Waals surface area contributed by atoms with E-state index in [1.807, 2.05) is 38.2 Å². The van der Waals surface area contributed by atoms with Crippen LogP contribution in [0.1, 0.15) is 13.3 Å². The summed E-state index contributed by atoms with van der Waals surface area (Å²) in [6.07, 6.45) is 0.561. The first-order chi connectivity index (χ1) is 10.0. The second kappa shape index (κ2) is 8.50. The van der Waals surface area contributed by atoms with Crippen LogP contribution in [0.3, 0.4) is 0 Å². The van der Waals surface area contributed by atoms with Gasteiger partial charge in [-0.1, -0.05) is 22.0 Å². The molecule has 1 aromatic rings. The number of nitrogens with one attached hydrogen (secondary N) is 2. The maximum absolute atomic E-state index is 12.4. The highest BCUT2D eigenvalue weighted by Crippen LogP contribution is 2.27. The van der Waals surface area contributed by atoms with E-state index in [4.69, 9.17) is 0 Å². The van der Waals surface area contributed by atoms with Crippen LogP contribution in [-0.4, -0.2) is 38.0 Å². The monoisotopic (exact) mass is 389 g/mol. The molecular weight excluding hydrogens is 370 g/mol. The molecule has 2 N–H and O–H groups in total. The first-order valence-corrected chi connectivity index (χ1v) is 7.84. The van der Waals surface area contributed by atoms with Crippen LogP contribution in [0, 0.1) is 5.92 Å². The van der Waals surface area contributed by atoms with Crippen molar-refractivity contribution in [2.24, 2.45) is 5.92 Å². The topological polar surface area (TPSA) is 61.4 Å². The van der Waals surface area contributed by atoms with Crippen LogP contribution in [0.4, 0.5) is 5.69 Å². The van der Waals surface area contributed by atoms with Gasteiger partial charge in [-0.2, -0.15) is 0 Å². The van der Waals surface area contributed by atoms with E-state index in [2.05, 4.69) is 26.6 Å². The number of anilines is 1. The van der Waals surface area contributed by atoms with Gasteiger partial charge in [-0.3, -0.25) is 9.59 Å². The minimum atomic E-state index is -0.576. The fraction of sp³-hybridized carbons (Fsp3) is 0.467. The largest absolute Gasteiger partial charge is 0.354 e. The van der Waals surface area contributed by atoms with E-state index in [1.54, 1.807) is 4.90 Å². The molecule has 1 aliphatic rings. The van der Waals surface area contributed by atoms with Gasteiger partial charge in [0.2, 0.25) is 11.8 Å². The van der Waals surface area contributed by atoms with Crippen molar-refractivity contribution in [1.29, 1.82) is 0 Å². The first kappa shape index (κ1) is 18.9. The molecule has 122 valence electrons. The quantitative estimate of drug-likeness (QED) is 0.756. The average Bonchev–Trinajstić information content (AvgIpc) is 2.86. The third kappa shape index (κ3) is 4.44. The van der Waals surface area contributed by atoms with E-state index in [0.29, 0.717) is 19.5 Å². The summed E-state index contributed by atoms with van der Waals surface area (Å²) in [6, 6.07) is 7.75. The van der Waals surface area contributed by atoms with Gasteiger partial charge in [0.25, 0.3) is 0 Å². The highest BCUT2D eigenvalue weighted by Gasteiger charge is 2.37. The lowest BCUT2D eigenvalue weighted by Gasteiger charge is -2.17. The Morgan fingerprint density at radius 2 is 2.23 bits per heavy atom. The van der Waals surface area contributed by atoms with Crippen LogP contribution in [0.2, 0.25) is 0 Å². The van der Waals surface area contributed by atoms with Crippen molar-refractivity contribution >= 4 is 45.8 Å². The number of hydrogen-bond acceptors (Lipinski definition) is 3. The summed E-state index contributed by atoms with van der Waals surface area (Å²) in [5, 5.41) is 5.88. The van der Waals surface area contributed by atoms with Crippen molar-refractivity contribution < 1.29 is 9.59 Å². The van der Waals surface area contributed by atoms with Gasteiger partial charge in [-0.15, -0.1) is 12.4 Å². The van der Waals surface area contributed by atoms with E-state index in [1.165, 1.54) is 0 Å². The van der Waals surface area contributed by atoms with Crippen molar-refractivity contribution in [1.82, 2.24) is 10.6 Å². The third-order valence-electron chi connectivity index (χ3n) is 3.72. The van der Waals surface area contributed by atoms with Crippen LogP contribution in [-0.2, 0) is 9.59 Å². The number of likely N-dealkylation sites (N-methyl/N-ethyl adjacent to an activating group) is 1. The number of carbonyl (C=O) groups excluding carboxylic acids is 2. The van der Waals surface area contributed by atoms with Gasteiger partial charge in [-0.05, 0) is 38.6 Å². The number of nitrogens with zero attached hydrogens (tertiary/aromatic N) is 1. The molecule has 1 aromatic carbocycles. The zero-order valence-electron chi connectivity index (χ0n) is 12.6. The number of rotatable bonds is 5. The second-order valence-corrected chi connectivity index (χ2v) is 6.16. The molecule has 2 amide bonds. The summed E-state index contributed by atoms with van der Waals surface area (Å²) in [5.41, 5.74) is 0.827. The minimum Gasteiger partial charge on any atom is -0.354 e. The number of amides is 2. The maximum Gasteiger partial charge on any atom is 0.239 e. The summed E-state index contributed by atoms with van der Waals surface area (Å²) in [6.45, 7) is 3.08. The van der Waals surface area contributed by atoms with Gasteiger partial charge in [0, 0.05) is 29.3 Å². The molecule has 7 heteroatoms. The zero-order chi connectivity index (χ0) is 15.4. The molecule has 1 aliphatic heterocycles. The minimum absolute atomic E-state index is 0. The molecule has 2 rings (SSSR count). The number of halogens is 2. The third-order valence-corrected chi connectivity index (χ3v) is 4.21. The maximum atomic E-state index is 12.4. The predicted octanol–water partition coefficient (Wildman–Crippen LogP) is 1.95. The van der Waals surface area contributed by atoms with Crippen molar-refractivity contribution in [2.75, 3.05) is 25.0 Å². The molecule has 0 spiro atoms. The molecule has 2 atom stereocenters. The highest BCUT2D eigenvalue weighted by atomic mass is 79.9. The fourth-order valence-corrected chi connectivity index (χ4v) is 2.69. The Labute approximate surface area is 145 Å². The summed E-state index contributed by atoms with van der Waals surface area (Å²) in [5.74, 6) is -0.879. The van der Waals surface area contributed by atoms with Gasteiger partial charge in [0.05, 0.1) is 0 Å². The first-order valence-electron chi connectivity index (χ1n) is 7.05. The summed E-state index contributed by atoms with van der Waals surface area (Å²) < 4.78 is 0.920. The van der Waals surface area contributed by atoms with Crippen LogP contribution in [0.5, 0.6) is 0 Å². The SMILES string of the molecule is CNC(C)CNC(=O)C1CCN(c2cccc(Br)c2)C1=O.Cl. The van der Waals surface area contributed by atoms with Gasteiger partial charge in [0.1, 0.15) is 5.92 Å². The van der Waals surface area contributed by atoms with Gasteiger partial charge in [0.15, 0.2) is 0 Å². The Kier molecular flexibility index (Phi) is 7.32. The smallest absolute Gasteiger partial charge is 0.239 e. The van der Waals surface area contributed by atoms with Gasteiger partial charge < -0.3 is 15.5 Å². The van der Waals surface area contributed by atoms with Crippen LogP contribution in [0.15, 0.2) is 28.7 Å². The van der Waals surface area contributed by atoms with Gasteiger partial charge >= 0.3 is 0 Å². The van der Waals surface area contributed by atoms with Crippen LogP contribution in [0.25, 0.3) is 0 Å². The van der Waals surface area contributed by atoms with Crippen molar-refractivity contribution in [2.45, 2.75) is 19.4 Å². The molecule has 0 aliphatic carbocycles. The van der Waals surface area contributed by atoms with E-state index >= 15 is 0 Å². The predicted molar refractivity (Wildman–Crippen MR) is 93.4 cm³/mol. The lowest BCUT2D eigenvalue weighted by atomic mass is 10.1. The molecule has 2 unspecified atom stereocenters. The molecule has 1 heterocycles. The van der Waals surface area contributed by atoms with Gasteiger partial charge in [-0.25, -0.2) is 0 Å². The van der Waals surface area contributed by atoms with E-state index in [-0.39, 0.29) is 30.3 Å². The van der Waals surface area contributed by atoms with E-state index < -0.39 is 5.92 Å². The van der Waals surface area contributed by atoms with Crippen LogP contribution >= 0.6 is 28.3 Å². The molecule has 1 fully saturated rings. The van der Waals surface area contributed by atoms with Crippen molar-refractivity contribution in [3.05, 3.63) is 28.7 Å². The number of hydrogen-bond donors (Lipinski definition) is 2. The van der Waals surface area contributed by atoms with Crippen molar-refractivity contribution in [3.8, 4) is 0 Å². The Morgan fingerprint density at radius 3 is 2.86 bits per heavy atom. The molecule has 5 nitrogen and oxygen atoms in total. The summed E-state index contributed by atoms with van der Waals surface area (Å²) >= 11 is 3.40. The normalized spacial score (nSPS) is 18.8. The Balaban J connectivity index is 0.00000242. The number of benzene rings is 1. The number of carbonyl (C=O) groups is 2. The van der Waals surface area contributed by atoms with Crippen LogP contribution < -0.4 is 15.5 Å². The van der Waals surface area contributed by atoms with E-state index in [0.717, 1.165) is 10.2 Å². The lowest BCUT2D eigenvalue weighted by molar-refractivity contribution is -0.132. The summed E-state index contributed by atoms with van der Waals surface area (Å²) in [7, 11) is 1.84. The Hall–Kier alpha value is -1.11. The average molecular weight is 391 g/mol. The Morgan fingerprint density at radius 1 is 1.50 bits per heavy atom. The zero-order valence-corrected chi connectivity index (χ0v) is 15.0. The molecular formula is C15H21BrClN3O2. The fourth-order valence-electron chi connectivity index (χ4n) is 2.30. The standard InChI is InChI=1S/C15H20BrN3O2.ClH/c1-10(17-2)9-18-14(20)13-6-7-19(15(13)21)12-5-3-4-11(16)8-12;/h3-5,8,10,13,17H,6-7,9H2,1-2H3,(H,18,20);1H. The Bertz CT molecular complexity index is 541.